The molecule has 2 aliphatic rings. The Labute approximate surface area is 206 Å². The molecule has 2 aromatic carbocycles. The molecule has 3 heterocycles. The first-order valence-electron chi connectivity index (χ1n) is 12.2. The molecule has 184 valence electrons. The standard InChI is InChI=1S/C26H30N4O4S/c1-19-9-11-23(12-10-19)35(32,33)30-15-5-8-22(18-30)26(31)29-16-13-20(14-17-29)24-27-25(34-28-24)21-6-3-2-4-7-21/h2-4,6-7,9-12,20,22H,5,8,13-18H2,1H3/t22-/m1/s1. The van der Waals surface area contributed by atoms with Crippen molar-refractivity contribution in [3.8, 4) is 11.5 Å². The van der Waals surface area contributed by atoms with Crippen LogP contribution in [-0.2, 0) is 14.8 Å². The summed E-state index contributed by atoms with van der Waals surface area (Å²) in [6.07, 6.45) is 2.92. The van der Waals surface area contributed by atoms with E-state index in [2.05, 4.69) is 10.1 Å². The van der Waals surface area contributed by atoms with Crippen LogP contribution in [0.5, 0.6) is 0 Å². The number of carbonyl (C=O) groups is 1. The Bertz CT molecular complexity index is 1270. The number of amides is 1. The number of carbonyl (C=O) groups excluding carboxylic acids is 1. The monoisotopic (exact) mass is 494 g/mol. The fraction of sp³-hybridized carbons (Fsp3) is 0.423. The summed E-state index contributed by atoms with van der Waals surface area (Å²) in [4.78, 5) is 20.0. The van der Waals surface area contributed by atoms with Crippen molar-refractivity contribution in [2.75, 3.05) is 26.2 Å². The SMILES string of the molecule is Cc1ccc(S(=O)(=O)N2CCC[C@@H](C(=O)N3CCC(c4noc(-c5ccccc5)n4)CC3)C2)cc1. The Hall–Kier alpha value is -3.04. The fourth-order valence-corrected chi connectivity index (χ4v) is 6.46. The first kappa shape index (κ1) is 23.7. The van der Waals surface area contributed by atoms with Crippen LogP contribution in [0.4, 0.5) is 0 Å². The van der Waals surface area contributed by atoms with Crippen molar-refractivity contribution >= 4 is 15.9 Å². The van der Waals surface area contributed by atoms with Crippen LogP contribution in [0.3, 0.4) is 0 Å². The molecule has 9 heteroatoms. The minimum atomic E-state index is -3.61. The molecule has 2 fully saturated rings. The highest BCUT2D eigenvalue weighted by molar-refractivity contribution is 7.89. The molecule has 2 saturated heterocycles. The first-order valence-corrected chi connectivity index (χ1v) is 13.6. The van der Waals surface area contributed by atoms with E-state index in [1.807, 2.05) is 42.2 Å². The third kappa shape index (κ3) is 5.01. The van der Waals surface area contributed by atoms with Crippen molar-refractivity contribution < 1.29 is 17.7 Å². The molecule has 0 spiro atoms. The lowest BCUT2D eigenvalue weighted by atomic mass is 9.93. The molecule has 0 radical (unpaired) electrons. The van der Waals surface area contributed by atoms with Crippen LogP contribution >= 0.6 is 0 Å². The van der Waals surface area contributed by atoms with E-state index >= 15 is 0 Å². The van der Waals surface area contributed by atoms with Gasteiger partial charge in [-0.2, -0.15) is 9.29 Å². The van der Waals surface area contributed by atoms with Crippen LogP contribution in [0.2, 0.25) is 0 Å². The second-order valence-electron chi connectivity index (χ2n) is 9.44. The molecular weight excluding hydrogens is 464 g/mol. The summed E-state index contributed by atoms with van der Waals surface area (Å²) in [7, 11) is -3.61. The number of hydrogen-bond acceptors (Lipinski definition) is 6. The predicted molar refractivity (Wildman–Crippen MR) is 131 cm³/mol. The third-order valence-corrected chi connectivity index (χ3v) is 8.91. The molecular formula is C26H30N4O4S. The topological polar surface area (TPSA) is 96.6 Å². The molecule has 0 N–H and O–H groups in total. The molecule has 2 aliphatic heterocycles. The highest BCUT2D eigenvalue weighted by Gasteiger charge is 2.36. The van der Waals surface area contributed by atoms with Gasteiger partial charge in [-0.05, 0) is 56.9 Å². The lowest BCUT2D eigenvalue weighted by Gasteiger charge is -2.37. The Morgan fingerprint density at radius 2 is 1.69 bits per heavy atom. The number of aromatic nitrogens is 2. The minimum absolute atomic E-state index is 0.0466. The Morgan fingerprint density at radius 1 is 0.971 bits per heavy atom. The number of piperidine rings is 2. The normalized spacial score (nSPS) is 20.1. The summed E-state index contributed by atoms with van der Waals surface area (Å²) in [6, 6.07) is 16.6. The van der Waals surface area contributed by atoms with Gasteiger partial charge in [0.05, 0.1) is 10.8 Å². The molecule has 8 nitrogen and oxygen atoms in total. The van der Waals surface area contributed by atoms with E-state index in [4.69, 9.17) is 4.52 Å². The van der Waals surface area contributed by atoms with E-state index in [1.165, 1.54) is 4.31 Å². The largest absolute Gasteiger partial charge is 0.342 e. The molecule has 0 unspecified atom stereocenters. The summed E-state index contributed by atoms with van der Waals surface area (Å²) in [5.74, 6) is 1.07. The third-order valence-electron chi connectivity index (χ3n) is 7.03. The second kappa shape index (κ2) is 9.91. The Kier molecular flexibility index (Phi) is 6.71. The number of likely N-dealkylation sites (tertiary alicyclic amines) is 1. The fourth-order valence-electron chi connectivity index (χ4n) is 4.94. The van der Waals surface area contributed by atoms with Crippen molar-refractivity contribution in [2.24, 2.45) is 5.92 Å². The minimum Gasteiger partial charge on any atom is -0.342 e. The zero-order chi connectivity index (χ0) is 24.4. The van der Waals surface area contributed by atoms with Gasteiger partial charge in [-0.15, -0.1) is 0 Å². The van der Waals surface area contributed by atoms with E-state index in [0.717, 1.165) is 24.0 Å². The quantitative estimate of drug-likeness (QED) is 0.535. The smallest absolute Gasteiger partial charge is 0.257 e. The molecule has 0 saturated carbocycles. The van der Waals surface area contributed by atoms with Crippen LogP contribution < -0.4 is 0 Å². The summed E-state index contributed by atoms with van der Waals surface area (Å²) in [5.41, 5.74) is 1.90. The zero-order valence-corrected chi connectivity index (χ0v) is 20.7. The summed E-state index contributed by atoms with van der Waals surface area (Å²) in [6.45, 7) is 3.83. The highest BCUT2D eigenvalue weighted by Crippen LogP contribution is 2.30. The van der Waals surface area contributed by atoms with Crippen LogP contribution in [0.1, 0.15) is 43.0 Å². The average Bonchev–Trinajstić information content (AvgIpc) is 3.40. The van der Waals surface area contributed by atoms with Gasteiger partial charge in [0.2, 0.25) is 15.9 Å². The summed E-state index contributed by atoms with van der Waals surface area (Å²) >= 11 is 0. The highest BCUT2D eigenvalue weighted by atomic mass is 32.2. The van der Waals surface area contributed by atoms with E-state index < -0.39 is 10.0 Å². The number of benzene rings is 2. The van der Waals surface area contributed by atoms with Gasteiger partial charge in [0, 0.05) is 37.7 Å². The van der Waals surface area contributed by atoms with Crippen LogP contribution in [-0.4, -0.2) is 59.8 Å². The maximum absolute atomic E-state index is 13.3. The summed E-state index contributed by atoms with van der Waals surface area (Å²) < 4.78 is 33.2. The molecule has 5 rings (SSSR count). The average molecular weight is 495 g/mol. The summed E-state index contributed by atoms with van der Waals surface area (Å²) in [5, 5.41) is 4.18. The van der Waals surface area contributed by atoms with E-state index in [0.29, 0.717) is 44.2 Å². The Balaban J connectivity index is 1.19. The predicted octanol–water partition coefficient (Wildman–Crippen LogP) is 3.85. The lowest BCUT2D eigenvalue weighted by molar-refractivity contribution is -0.137. The second-order valence-corrected chi connectivity index (χ2v) is 11.4. The number of rotatable bonds is 5. The zero-order valence-electron chi connectivity index (χ0n) is 19.8. The molecule has 1 amide bonds. The van der Waals surface area contributed by atoms with Gasteiger partial charge in [0.15, 0.2) is 5.82 Å². The van der Waals surface area contributed by atoms with E-state index in [-0.39, 0.29) is 29.2 Å². The van der Waals surface area contributed by atoms with Crippen LogP contribution in [0.25, 0.3) is 11.5 Å². The molecule has 0 aliphatic carbocycles. The molecule has 1 aromatic heterocycles. The van der Waals surface area contributed by atoms with E-state index in [9.17, 15) is 13.2 Å². The number of hydrogen-bond donors (Lipinski definition) is 0. The molecule has 3 aromatic rings. The van der Waals surface area contributed by atoms with Gasteiger partial charge >= 0.3 is 0 Å². The molecule has 35 heavy (non-hydrogen) atoms. The van der Waals surface area contributed by atoms with Gasteiger partial charge in [0.1, 0.15) is 0 Å². The first-order chi connectivity index (χ1) is 16.9. The van der Waals surface area contributed by atoms with Crippen molar-refractivity contribution in [1.29, 1.82) is 0 Å². The van der Waals surface area contributed by atoms with Crippen LogP contribution in [0, 0.1) is 12.8 Å². The van der Waals surface area contributed by atoms with Crippen molar-refractivity contribution in [2.45, 2.75) is 43.4 Å². The lowest BCUT2D eigenvalue weighted by Crippen LogP contribution is -2.48. The number of sulfonamides is 1. The van der Waals surface area contributed by atoms with Gasteiger partial charge in [-0.25, -0.2) is 8.42 Å². The maximum Gasteiger partial charge on any atom is 0.257 e. The molecule has 1 atom stereocenters. The van der Waals surface area contributed by atoms with Crippen molar-refractivity contribution in [3.63, 3.8) is 0 Å². The van der Waals surface area contributed by atoms with Gasteiger partial charge in [-0.3, -0.25) is 4.79 Å². The van der Waals surface area contributed by atoms with Crippen molar-refractivity contribution in [1.82, 2.24) is 19.3 Å². The number of nitrogens with zero attached hydrogens (tertiary/aromatic N) is 4. The van der Waals surface area contributed by atoms with Gasteiger partial charge < -0.3 is 9.42 Å². The number of aryl methyl sites for hydroxylation is 1. The Morgan fingerprint density at radius 3 is 2.40 bits per heavy atom. The van der Waals surface area contributed by atoms with E-state index in [1.54, 1.807) is 24.3 Å². The van der Waals surface area contributed by atoms with Crippen LogP contribution in [0.15, 0.2) is 64.0 Å². The van der Waals surface area contributed by atoms with Crippen molar-refractivity contribution in [3.05, 3.63) is 66.0 Å². The maximum atomic E-state index is 13.3. The van der Waals surface area contributed by atoms with Gasteiger partial charge in [-0.1, -0.05) is 41.1 Å². The van der Waals surface area contributed by atoms with Gasteiger partial charge in [0.25, 0.3) is 5.89 Å². The molecule has 0 bridgehead atoms.